The van der Waals surface area contributed by atoms with Crippen LogP contribution in [0.4, 0.5) is 10.1 Å². The number of sulfonamides is 1. The van der Waals surface area contributed by atoms with Crippen molar-refractivity contribution < 1.29 is 27.1 Å². The first-order chi connectivity index (χ1) is 21.2. The van der Waals surface area contributed by atoms with Gasteiger partial charge in [-0.15, -0.1) is 10.2 Å². The highest BCUT2D eigenvalue weighted by Gasteiger charge is 2.19. The van der Waals surface area contributed by atoms with Crippen LogP contribution in [0.25, 0.3) is 17.1 Å². The van der Waals surface area contributed by atoms with Gasteiger partial charge in [-0.2, -0.15) is 0 Å². The summed E-state index contributed by atoms with van der Waals surface area (Å²) in [6.07, 6.45) is 0. The fraction of sp³-hybridized carbons (Fsp3) is 0.0667. The van der Waals surface area contributed by atoms with Gasteiger partial charge in [0, 0.05) is 22.5 Å². The Hall–Kier alpha value is -5.21. The molecule has 0 aliphatic carbocycles. The number of hydrazine groups is 1. The number of aromatic nitrogens is 3. The highest BCUT2D eigenvalue weighted by Crippen LogP contribution is 2.29. The second-order valence-electron chi connectivity index (χ2n) is 9.13. The first-order valence-corrected chi connectivity index (χ1v) is 15.5. The molecule has 0 saturated carbocycles. The van der Waals surface area contributed by atoms with Crippen LogP contribution in [0.2, 0.25) is 0 Å². The molecule has 1 heterocycles. The van der Waals surface area contributed by atoms with Gasteiger partial charge in [0.25, 0.3) is 15.9 Å². The largest absolute Gasteiger partial charge is 0.497 e. The number of benzene rings is 4. The molecule has 0 aliphatic rings. The van der Waals surface area contributed by atoms with Gasteiger partial charge < -0.3 is 4.74 Å². The lowest BCUT2D eigenvalue weighted by Crippen LogP contribution is -2.42. The second-order valence-corrected chi connectivity index (χ2v) is 11.8. The van der Waals surface area contributed by atoms with Crippen molar-refractivity contribution in [3.63, 3.8) is 0 Å². The number of nitrogens with zero attached hydrogens (tertiary/aromatic N) is 3. The number of carbonyl (C=O) groups excluding carboxylic acids is 2. The summed E-state index contributed by atoms with van der Waals surface area (Å²) in [5.41, 5.74) is 6.53. The van der Waals surface area contributed by atoms with Crippen LogP contribution < -0.4 is 20.3 Å². The predicted molar refractivity (Wildman–Crippen MR) is 163 cm³/mol. The minimum atomic E-state index is -3.78. The van der Waals surface area contributed by atoms with Gasteiger partial charge in [-0.05, 0) is 84.9 Å². The van der Waals surface area contributed by atoms with E-state index in [1.54, 1.807) is 83.4 Å². The number of nitrogens with one attached hydrogen (secondary N) is 3. The molecule has 0 bridgehead atoms. The number of methoxy groups -OCH3 is 1. The van der Waals surface area contributed by atoms with Crippen molar-refractivity contribution in [1.29, 1.82) is 0 Å². The van der Waals surface area contributed by atoms with Gasteiger partial charge in [0.05, 0.1) is 17.8 Å². The van der Waals surface area contributed by atoms with E-state index in [1.165, 1.54) is 31.4 Å². The molecule has 0 saturated heterocycles. The van der Waals surface area contributed by atoms with E-state index >= 15 is 0 Å². The number of ether oxygens (including phenoxy) is 1. The maximum atomic E-state index is 13.7. The summed E-state index contributed by atoms with van der Waals surface area (Å²) in [5, 5.41) is 8.86. The second kappa shape index (κ2) is 13.4. The molecule has 3 N–H and O–H groups in total. The number of rotatable bonds is 10. The van der Waals surface area contributed by atoms with E-state index in [9.17, 15) is 22.4 Å². The van der Waals surface area contributed by atoms with Crippen molar-refractivity contribution in [1.82, 2.24) is 25.6 Å². The van der Waals surface area contributed by atoms with Crippen LogP contribution in [-0.2, 0) is 14.8 Å². The van der Waals surface area contributed by atoms with Crippen molar-refractivity contribution in [2.45, 2.75) is 10.1 Å². The summed E-state index contributed by atoms with van der Waals surface area (Å²) in [7, 11) is -2.26. The number of hydrogen-bond acceptors (Lipinski definition) is 8. The smallest absolute Gasteiger partial charge is 0.269 e. The van der Waals surface area contributed by atoms with E-state index in [2.05, 4.69) is 25.8 Å². The lowest BCUT2D eigenvalue weighted by molar-refractivity contribution is -0.119. The number of hydrogen-bond donors (Lipinski definition) is 3. The summed E-state index contributed by atoms with van der Waals surface area (Å²) < 4.78 is 48.4. The average molecular weight is 633 g/mol. The Labute approximate surface area is 256 Å². The molecule has 11 nitrogen and oxygen atoms in total. The van der Waals surface area contributed by atoms with Gasteiger partial charge >= 0.3 is 0 Å². The Kier molecular flexibility index (Phi) is 9.21. The van der Waals surface area contributed by atoms with Crippen molar-refractivity contribution in [2.24, 2.45) is 0 Å². The monoisotopic (exact) mass is 632 g/mol. The zero-order valence-corrected chi connectivity index (χ0v) is 24.7. The quantitative estimate of drug-likeness (QED) is 0.152. The van der Waals surface area contributed by atoms with E-state index in [0.717, 1.165) is 11.8 Å². The first-order valence-electron chi connectivity index (χ1n) is 13.0. The molecule has 14 heteroatoms. The highest BCUT2D eigenvalue weighted by molar-refractivity contribution is 7.99. The van der Waals surface area contributed by atoms with Crippen LogP contribution in [0.5, 0.6) is 5.75 Å². The minimum Gasteiger partial charge on any atom is -0.497 e. The number of halogens is 1. The van der Waals surface area contributed by atoms with Gasteiger partial charge in [-0.3, -0.25) is 29.7 Å². The molecule has 2 amide bonds. The molecule has 0 unspecified atom stereocenters. The molecule has 224 valence electrons. The van der Waals surface area contributed by atoms with E-state index in [1.807, 2.05) is 0 Å². The standard InChI is InChI=1S/C30H25FN6O5S2/c1-42-25-17-9-21(10-18-25)29(39)34-32-27(38)19-43-30-35-33-28(37(30)24-15-11-22(31)12-16-24)20-7-13-23(14-8-20)36-44(40,41)26-5-3-2-4-6-26/h2-18,36H,19H2,1H3,(H,32,38)(H,34,39). The Balaban J connectivity index is 1.30. The molecular formula is C30H25FN6O5S2. The van der Waals surface area contributed by atoms with E-state index < -0.39 is 27.7 Å². The Morgan fingerprint density at radius 2 is 1.55 bits per heavy atom. The normalized spacial score (nSPS) is 11.0. The highest BCUT2D eigenvalue weighted by atomic mass is 32.2. The Bertz CT molecular complexity index is 1870. The molecule has 0 fully saturated rings. The predicted octanol–water partition coefficient (Wildman–Crippen LogP) is 4.44. The summed E-state index contributed by atoms with van der Waals surface area (Å²) in [6, 6.07) is 26.6. The van der Waals surface area contributed by atoms with Crippen molar-refractivity contribution in [3.05, 3.63) is 115 Å². The Morgan fingerprint density at radius 3 is 2.20 bits per heavy atom. The average Bonchev–Trinajstić information content (AvgIpc) is 3.47. The molecule has 44 heavy (non-hydrogen) atoms. The molecule has 0 atom stereocenters. The molecular weight excluding hydrogens is 607 g/mol. The zero-order chi connectivity index (χ0) is 31.1. The Morgan fingerprint density at radius 1 is 0.864 bits per heavy atom. The minimum absolute atomic E-state index is 0.123. The van der Waals surface area contributed by atoms with Crippen LogP contribution in [0.15, 0.2) is 113 Å². The van der Waals surface area contributed by atoms with Crippen LogP contribution in [0.3, 0.4) is 0 Å². The zero-order valence-electron chi connectivity index (χ0n) is 23.1. The third-order valence-electron chi connectivity index (χ3n) is 6.17. The maximum absolute atomic E-state index is 13.7. The molecule has 1 aromatic heterocycles. The number of thioether (sulfide) groups is 1. The van der Waals surface area contributed by atoms with Gasteiger partial charge in [0.1, 0.15) is 11.6 Å². The van der Waals surface area contributed by atoms with Crippen molar-refractivity contribution in [3.8, 4) is 22.8 Å². The van der Waals surface area contributed by atoms with Crippen molar-refractivity contribution in [2.75, 3.05) is 17.6 Å². The summed E-state index contributed by atoms with van der Waals surface area (Å²) >= 11 is 1.05. The summed E-state index contributed by atoms with van der Waals surface area (Å²) in [4.78, 5) is 25.0. The van der Waals surface area contributed by atoms with Crippen LogP contribution in [0, 0.1) is 5.82 Å². The summed E-state index contributed by atoms with van der Waals surface area (Å²) in [6.45, 7) is 0. The number of carbonyl (C=O) groups is 2. The summed E-state index contributed by atoms with van der Waals surface area (Å²) in [5.74, 6) is -0.582. The van der Waals surface area contributed by atoms with Gasteiger partial charge in [-0.25, -0.2) is 12.8 Å². The number of anilines is 1. The third kappa shape index (κ3) is 7.22. The fourth-order valence-electron chi connectivity index (χ4n) is 3.98. The van der Waals surface area contributed by atoms with Crippen LogP contribution in [-0.4, -0.2) is 47.9 Å². The van der Waals surface area contributed by atoms with Gasteiger partial charge in [-0.1, -0.05) is 30.0 Å². The van der Waals surface area contributed by atoms with E-state index in [-0.39, 0.29) is 10.6 Å². The van der Waals surface area contributed by atoms with E-state index in [0.29, 0.717) is 39.2 Å². The topological polar surface area (TPSA) is 144 Å². The third-order valence-corrected chi connectivity index (χ3v) is 8.49. The van der Waals surface area contributed by atoms with E-state index in [4.69, 9.17) is 4.74 Å². The molecule has 0 aliphatic heterocycles. The maximum Gasteiger partial charge on any atom is 0.269 e. The SMILES string of the molecule is COc1ccc(C(=O)NNC(=O)CSc2nnc(-c3ccc(NS(=O)(=O)c4ccccc4)cc3)n2-c2ccc(F)cc2)cc1. The lowest BCUT2D eigenvalue weighted by atomic mass is 10.2. The molecule has 4 aromatic carbocycles. The number of amides is 2. The lowest BCUT2D eigenvalue weighted by Gasteiger charge is -2.12. The van der Waals surface area contributed by atoms with Gasteiger partial charge in [0.2, 0.25) is 5.91 Å². The molecule has 5 rings (SSSR count). The molecule has 5 aromatic rings. The van der Waals surface area contributed by atoms with Crippen LogP contribution >= 0.6 is 11.8 Å². The van der Waals surface area contributed by atoms with Crippen molar-refractivity contribution >= 4 is 39.3 Å². The fourth-order valence-corrected chi connectivity index (χ4v) is 5.81. The van der Waals surface area contributed by atoms with Gasteiger partial charge in [0.15, 0.2) is 11.0 Å². The molecule has 0 radical (unpaired) electrons. The first kappa shape index (κ1) is 30.3. The molecule has 0 spiro atoms. The van der Waals surface area contributed by atoms with Crippen LogP contribution in [0.1, 0.15) is 10.4 Å².